The molecule has 0 fully saturated rings. The summed E-state index contributed by atoms with van der Waals surface area (Å²) < 4.78 is 1.14. The van der Waals surface area contributed by atoms with Crippen molar-refractivity contribution in [3.05, 3.63) is 29.3 Å². The molecule has 1 heterocycles. The average Bonchev–Trinajstić information content (AvgIpc) is 2.95. The molecule has 0 saturated heterocycles. The van der Waals surface area contributed by atoms with Crippen LogP contribution in [0.4, 0.5) is 0 Å². The molecule has 6 nitrogen and oxygen atoms in total. The van der Waals surface area contributed by atoms with Gasteiger partial charge in [0.1, 0.15) is 5.01 Å². The first-order valence-corrected chi connectivity index (χ1v) is 8.22. The fraction of sp³-hybridized carbons (Fsp3) is 0.438. The molecule has 0 aliphatic carbocycles. The Hall–Kier alpha value is -1.99. The Morgan fingerprint density at radius 3 is 2.61 bits per heavy atom. The molecule has 2 aromatic rings. The largest absolute Gasteiger partial charge is 0.347 e. The molecule has 0 aliphatic rings. The maximum absolute atomic E-state index is 11.9. The van der Waals surface area contributed by atoms with E-state index >= 15 is 0 Å². The molecule has 0 saturated carbocycles. The van der Waals surface area contributed by atoms with E-state index < -0.39 is 0 Å². The first kappa shape index (κ1) is 17.4. The third-order valence-electron chi connectivity index (χ3n) is 3.66. The van der Waals surface area contributed by atoms with Gasteiger partial charge in [-0.15, -0.1) is 11.3 Å². The van der Waals surface area contributed by atoms with E-state index in [9.17, 15) is 9.59 Å². The Kier molecular flexibility index (Phi) is 5.68. The van der Waals surface area contributed by atoms with Gasteiger partial charge in [-0.2, -0.15) is 0 Å². The predicted octanol–water partition coefficient (Wildman–Crippen LogP) is 1.49. The van der Waals surface area contributed by atoms with Gasteiger partial charge in [0.25, 0.3) is 0 Å². The van der Waals surface area contributed by atoms with Gasteiger partial charge in [-0.1, -0.05) is 12.1 Å². The number of carbonyl (C=O) groups excluding carboxylic acids is 2. The summed E-state index contributed by atoms with van der Waals surface area (Å²) in [5.74, 6) is -0.295. The molecule has 1 atom stereocenters. The molecule has 1 aromatic carbocycles. The Balaban J connectivity index is 1.92. The summed E-state index contributed by atoms with van der Waals surface area (Å²) in [7, 11) is 5.20. The summed E-state index contributed by atoms with van der Waals surface area (Å²) in [4.78, 5) is 31.4. The summed E-state index contributed by atoms with van der Waals surface area (Å²) >= 11 is 1.64. The molecule has 1 aromatic heterocycles. The number of aromatic nitrogens is 1. The quantitative estimate of drug-likeness (QED) is 0.869. The standard InChI is InChI=1S/C16H22N4O2S/c1-11(16-18-12-7-5-6-8-13(12)23-16)20(4)10-14(21)17-9-15(22)19(2)3/h5-8,11H,9-10H2,1-4H3,(H,17,21)/t11-/m0/s1. The molecule has 7 heteroatoms. The van der Waals surface area contributed by atoms with Crippen molar-refractivity contribution < 1.29 is 9.59 Å². The number of thiazole rings is 1. The molecule has 2 amide bonds. The summed E-state index contributed by atoms with van der Waals surface area (Å²) in [5.41, 5.74) is 0.980. The number of hydrogen-bond acceptors (Lipinski definition) is 5. The number of carbonyl (C=O) groups is 2. The van der Waals surface area contributed by atoms with Crippen molar-refractivity contribution in [2.24, 2.45) is 0 Å². The van der Waals surface area contributed by atoms with Crippen LogP contribution in [-0.2, 0) is 9.59 Å². The lowest BCUT2D eigenvalue weighted by Crippen LogP contribution is -2.41. The second kappa shape index (κ2) is 7.52. The van der Waals surface area contributed by atoms with E-state index in [4.69, 9.17) is 0 Å². The third kappa shape index (κ3) is 4.49. The van der Waals surface area contributed by atoms with Crippen LogP contribution < -0.4 is 5.32 Å². The SMILES string of the molecule is C[C@@H](c1nc2ccccc2s1)N(C)CC(=O)NCC(=O)N(C)C. The van der Waals surface area contributed by atoms with Crippen LogP contribution in [0.25, 0.3) is 10.2 Å². The van der Waals surface area contributed by atoms with E-state index in [0.717, 1.165) is 15.2 Å². The van der Waals surface area contributed by atoms with Crippen LogP contribution in [0.15, 0.2) is 24.3 Å². The molecule has 1 N–H and O–H groups in total. The number of benzene rings is 1. The molecule has 0 bridgehead atoms. The lowest BCUT2D eigenvalue weighted by Gasteiger charge is -2.22. The third-order valence-corrected chi connectivity index (χ3v) is 4.86. The number of amides is 2. The number of rotatable bonds is 6. The van der Waals surface area contributed by atoms with Crippen LogP contribution in [0.3, 0.4) is 0 Å². The van der Waals surface area contributed by atoms with E-state index in [1.165, 1.54) is 4.90 Å². The second-order valence-electron chi connectivity index (χ2n) is 5.68. The topological polar surface area (TPSA) is 65.5 Å². The normalized spacial score (nSPS) is 12.4. The Morgan fingerprint density at radius 1 is 1.26 bits per heavy atom. The fourth-order valence-electron chi connectivity index (χ4n) is 2.01. The number of nitrogens with one attached hydrogen (secondary N) is 1. The number of fused-ring (bicyclic) bond motifs is 1. The van der Waals surface area contributed by atoms with Gasteiger partial charge in [-0.3, -0.25) is 14.5 Å². The minimum atomic E-state index is -0.171. The van der Waals surface area contributed by atoms with Gasteiger partial charge in [0.05, 0.1) is 29.3 Å². The zero-order chi connectivity index (χ0) is 17.0. The number of para-hydroxylation sites is 1. The lowest BCUT2D eigenvalue weighted by atomic mass is 10.3. The van der Waals surface area contributed by atoms with Crippen LogP contribution in [0.5, 0.6) is 0 Å². The maximum Gasteiger partial charge on any atom is 0.241 e. The van der Waals surface area contributed by atoms with Crippen molar-refractivity contribution in [3.63, 3.8) is 0 Å². The highest BCUT2D eigenvalue weighted by Gasteiger charge is 2.18. The fourth-order valence-corrected chi connectivity index (χ4v) is 3.09. The van der Waals surface area contributed by atoms with Crippen LogP contribution in [-0.4, -0.2) is 60.8 Å². The van der Waals surface area contributed by atoms with Crippen LogP contribution in [0.1, 0.15) is 18.0 Å². The van der Waals surface area contributed by atoms with Gasteiger partial charge in [-0.05, 0) is 26.1 Å². The molecule has 0 unspecified atom stereocenters. The highest BCUT2D eigenvalue weighted by molar-refractivity contribution is 7.18. The van der Waals surface area contributed by atoms with Gasteiger partial charge in [-0.25, -0.2) is 4.98 Å². The van der Waals surface area contributed by atoms with Crippen molar-refractivity contribution in [2.75, 3.05) is 34.2 Å². The number of nitrogens with zero attached hydrogens (tertiary/aromatic N) is 3. The molecule has 0 aliphatic heterocycles. The predicted molar refractivity (Wildman–Crippen MR) is 92.4 cm³/mol. The molecular formula is C16H22N4O2S. The van der Waals surface area contributed by atoms with Gasteiger partial charge in [0.2, 0.25) is 11.8 Å². The molecule has 0 radical (unpaired) electrons. The molecular weight excluding hydrogens is 312 g/mol. The Morgan fingerprint density at radius 2 is 1.96 bits per heavy atom. The highest BCUT2D eigenvalue weighted by atomic mass is 32.1. The molecule has 124 valence electrons. The zero-order valence-corrected chi connectivity index (χ0v) is 14.7. The van der Waals surface area contributed by atoms with E-state index in [-0.39, 0.29) is 30.9 Å². The van der Waals surface area contributed by atoms with Gasteiger partial charge in [0.15, 0.2) is 0 Å². The van der Waals surface area contributed by atoms with E-state index in [1.54, 1.807) is 25.4 Å². The van der Waals surface area contributed by atoms with Crippen LogP contribution in [0, 0.1) is 0 Å². The summed E-state index contributed by atoms with van der Waals surface area (Å²) in [6, 6.07) is 8.02. The minimum Gasteiger partial charge on any atom is -0.347 e. The number of likely N-dealkylation sites (N-methyl/N-ethyl adjacent to an activating group) is 2. The summed E-state index contributed by atoms with van der Waals surface area (Å²) in [6.45, 7) is 2.27. The van der Waals surface area contributed by atoms with E-state index in [1.807, 2.05) is 43.1 Å². The van der Waals surface area contributed by atoms with Crippen molar-refractivity contribution in [1.29, 1.82) is 0 Å². The smallest absolute Gasteiger partial charge is 0.241 e. The van der Waals surface area contributed by atoms with E-state index in [2.05, 4.69) is 10.3 Å². The first-order valence-electron chi connectivity index (χ1n) is 7.41. The van der Waals surface area contributed by atoms with Crippen molar-refractivity contribution in [1.82, 2.24) is 20.1 Å². The summed E-state index contributed by atoms with van der Waals surface area (Å²) in [6.07, 6.45) is 0. The molecule has 23 heavy (non-hydrogen) atoms. The lowest BCUT2D eigenvalue weighted by molar-refractivity contribution is -0.131. The summed E-state index contributed by atoms with van der Waals surface area (Å²) in [5, 5.41) is 3.62. The monoisotopic (exact) mass is 334 g/mol. The van der Waals surface area contributed by atoms with Crippen molar-refractivity contribution in [3.8, 4) is 0 Å². The minimum absolute atomic E-state index is 0.0230. The van der Waals surface area contributed by atoms with E-state index in [0.29, 0.717) is 0 Å². The van der Waals surface area contributed by atoms with Gasteiger partial charge in [0, 0.05) is 14.1 Å². The maximum atomic E-state index is 11.9. The van der Waals surface area contributed by atoms with Crippen LogP contribution >= 0.6 is 11.3 Å². The molecule has 2 rings (SSSR count). The Bertz CT molecular complexity index is 665. The first-order chi connectivity index (χ1) is 10.9. The number of hydrogen-bond donors (Lipinski definition) is 1. The van der Waals surface area contributed by atoms with Crippen molar-refractivity contribution in [2.45, 2.75) is 13.0 Å². The van der Waals surface area contributed by atoms with Crippen molar-refractivity contribution >= 4 is 33.4 Å². The van der Waals surface area contributed by atoms with Crippen LogP contribution in [0.2, 0.25) is 0 Å². The highest BCUT2D eigenvalue weighted by Crippen LogP contribution is 2.28. The average molecular weight is 334 g/mol. The van der Waals surface area contributed by atoms with Gasteiger partial charge < -0.3 is 10.2 Å². The molecule has 0 spiro atoms. The second-order valence-corrected chi connectivity index (χ2v) is 6.74. The van der Waals surface area contributed by atoms with Gasteiger partial charge >= 0.3 is 0 Å². The zero-order valence-electron chi connectivity index (χ0n) is 13.9. The Labute approximate surface area is 140 Å².